The summed E-state index contributed by atoms with van der Waals surface area (Å²) in [5, 5.41) is 9.07. The summed E-state index contributed by atoms with van der Waals surface area (Å²) in [5.74, 6) is 1.07. The molecule has 0 amide bonds. The van der Waals surface area contributed by atoms with Gasteiger partial charge in [0.05, 0.1) is 6.61 Å². The van der Waals surface area contributed by atoms with Gasteiger partial charge < -0.3 is 10.0 Å². The highest BCUT2D eigenvalue weighted by Crippen LogP contribution is 2.14. The smallest absolute Gasteiger partial charge is 0.128 e. The normalized spacial score (nSPS) is 16.1. The third-order valence-corrected chi connectivity index (χ3v) is 3.96. The van der Waals surface area contributed by atoms with Gasteiger partial charge in [0.15, 0.2) is 0 Å². The third-order valence-electron chi connectivity index (χ3n) is 3.96. The van der Waals surface area contributed by atoms with Crippen LogP contribution in [0.15, 0.2) is 48.7 Å². The summed E-state index contributed by atoms with van der Waals surface area (Å²) in [4.78, 5) is 9.22. The quantitative estimate of drug-likeness (QED) is 0.930. The SMILES string of the molecule is OCc1ccc(CN2CCN(c3ccccn3)CC2)cc1. The van der Waals surface area contributed by atoms with Gasteiger partial charge in [0.25, 0.3) is 0 Å². The second-order valence-corrected chi connectivity index (χ2v) is 5.43. The molecule has 1 aliphatic heterocycles. The Morgan fingerprint density at radius 1 is 0.905 bits per heavy atom. The van der Waals surface area contributed by atoms with Gasteiger partial charge in [-0.05, 0) is 23.3 Å². The Morgan fingerprint density at radius 2 is 1.62 bits per heavy atom. The standard InChI is InChI=1S/C17H21N3O/c21-14-16-6-4-15(5-7-16)13-19-9-11-20(12-10-19)17-3-1-2-8-18-17/h1-8,21H,9-14H2. The van der Waals surface area contributed by atoms with Gasteiger partial charge in [-0.25, -0.2) is 4.98 Å². The number of rotatable bonds is 4. The fourth-order valence-corrected chi connectivity index (χ4v) is 2.68. The molecular weight excluding hydrogens is 262 g/mol. The molecule has 2 aromatic rings. The van der Waals surface area contributed by atoms with Gasteiger partial charge in [0, 0.05) is 38.9 Å². The Balaban J connectivity index is 1.53. The van der Waals surface area contributed by atoms with E-state index in [4.69, 9.17) is 5.11 Å². The van der Waals surface area contributed by atoms with Gasteiger partial charge in [-0.3, -0.25) is 4.90 Å². The molecule has 0 saturated carbocycles. The van der Waals surface area contributed by atoms with Crippen LogP contribution in [-0.4, -0.2) is 41.2 Å². The van der Waals surface area contributed by atoms with Crippen LogP contribution in [-0.2, 0) is 13.2 Å². The second kappa shape index (κ2) is 6.70. The molecule has 3 rings (SSSR count). The molecule has 4 heteroatoms. The van der Waals surface area contributed by atoms with E-state index in [1.165, 1.54) is 5.56 Å². The van der Waals surface area contributed by atoms with Crippen molar-refractivity contribution in [3.63, 3.8) is 0 Å². The van der Waals surface area contributed by atoms with Crippen molar-refractivity contribution in [2.24, 2.45) is 0 Å². The van der Waals surface area contributed by atoms with Crippen molar-refractivity contribution < 1.29 is 5.11 Å². The van der Waals surface area contributed by atoms with Crippen molar-refractivity contribution in [1.29, 1.82) is 0 Å². The van der Waals surface area contributed by atoms with Crippen molar-refractivity contribution in [3.8, 4) is 0 Å². The number of anilines is 1. The first kappa shape index (κ1) is 14.0. The van der Waals surface area contributed by atoms with Crippen LogP contribution in [0.1, 0.15) is 11.1 Å². The number of aliphatic hydroxyl groups excluding tert-OH is 1. The van der Waals surface area contributed by atoms with E-state index >= 15 is 0 Å². The van der Waals surface area contributed by atoms with Crippen LogP contribution in [0.2, 0.25) is 0 Å². The first-order valence-electron chi connectivity index (χ1n) is 7.42. The van der Waals surface area contributed by atoms with E-state index in [2.05, 4.69) is 33.0 Å². The van der Waals surface area contributed by atoms with E-state index in [1.54, 1.807) is 0 Å². The van der Waals surface area contributed by atoms with E-state index in [0.717, 1.165) is 44.1 Å². The minimum Gasteiger partial charge on any atom is -0.392 e. The monoisotopic (exact) mass is 283 g/mol. The molecule has 1 saturated heterocycles. The van der Waals surface area contributed by atoms with Crippen LogP contribution in [0.3, 0.4) is 0 Å². The molecule has 1 aliphatic rings. The number of benzene rings is 1. The molecule has 0 radical (unpaired) electrons. The zero-order chi connectivity index (χ0) is 14.5. The number of nitrogens with zero attached hydrogens (tertiary/aromatic N) is 3. The average Bonchev–Trinajstić information content (AvgIpc) is 2.57. The molecule has 1 aromatic heterocycles. The molecule has 0 bridgehead atoms. The highest BCUT2D eigenvalue weighted by molar-refractivity contribution is 5.38. The van der Waals surface area contributed by atoms with Gasteiger partial charge in [-0.2, -0.15) is 0 Å². The number of aromatic nitrogens is 1. The van der Waals surface area contributed by atoms with Gasteiger partial charge >= 0.3 is 0 Å². The Bertz CT molecular complexity index is 548. The summed E-state index contributed by atoms with van der Waals surface area (Å²) in [5.41, 5.74) is 2.28. The van der Waals surface area contributed by atoms with Gasteiger partial charge in [-0.15, -0.1) is 0 Å². The molecule has 0 unspecified atom stereocenters. The molecule has 0 aliphatic carbocycles. The molecule has 2 heterocycles. The van der Waals surface area contributed by atoms with Gasteiger partial charge in [-0.1, -0.05) is 30.3 Å². The summed E-state index contributed by atoms with van der Waals surface area (Å²) in [6, 6.07) is 14.3. The summed E-state index contributed by atoms with van der Waals surface area (Å²) >= 11 is 0. The number of pyridine rings is 1. The first-order chi connectivity index (χ1) is 10.3. The predicted octanol–water partition coefficient (Wildman–Crippen LogP) is 1.90. The maximum atomic E-state index is 9.07. The summed E-state index contributed by atoms with van der Waals surface area (Å²) in [6.07, 6.45) is 1.85. The Hall–Kier alpha value is -1.91. The van der Waals surface area contributed by atoms with E-state index in [0.29, 0.717) is 0 Å². The van der Waals surface area contributed by atoms with E-state index in [-0.39, 0.29) is 6.61 Å². The molecule has 110 valence electrons. The second-order valence-electron chi connectivity index (χ2n) is 5.43. The fraction of sp³-hybridized carbons (Fsp3) is 0.353. The lowest BCUT2D eigenvalue weighted by Gasteiger charge is -2.35. The Kier molecular flexibility index (Phi) is 4.48. The Labute approximate surface area is 125 Å². The zero-order valence-electron chi connectivity index (χ0n) is 12.2. The third kappa shape index (κ3) is 3.60. The molecular formula is C17H21N3O. The zero-order valence-corrected chi connectivity index (χ0v) is 12.2. The topological polar surface area (TPSA) is 39.6 Å². The fourth-order valence-electron chi connectivity index (χ4n) is 2.68. The molecule has 21 heavy (non-hydrogen) atoms. The van der Waals surface area contributed by atoms with E-state index in [1.807, 2.05) is 30.5 Å². The van der Waals surface area contributed by atoms with Crippen molar-refractivity contribution in [2.45, 2.75) is 13.2 Å². The van der Waals surface area contributed by atoms with Gasteiger partial charge in [0.2, 0.25) is 0 Å². The van der Waals surface area contributed by atoms with Crippen LogP contribution in [0, 0.1) is 0 Å². The van der Waals surface area contributed by atoms with E-state index in [9.17, 15) is 0 Å². The summed E-state index contributed by atoms with van der Waals surface area (Å²) < 4.78 is 0. The van der Waals surface area contributed by atoms with Crippen molar-refractivity contribution in [2.75, 3.05) is 31.1 Å². The maximum absolute atomic E-state index is 9.07. The number of hydrogen-bond donors (Lipinski definition) is 1. The molecule has 4 nitrogen and oxygen atoms in total. The van der Waals surface area contributed by atoms with Crippen molar-refractivity contribution in [3.05, 3.63) is 59.8 Å². The van der Waals surface area contributed by atoms with Crippen LogP contribution in [0.4, 0.5) is 5.82 Å². The lowest BCUT2D eigenvalue weighted by atomic mass is 10.1. The largest absolute Gasteiger partial charge is 0.392 e. The predicted molar refractivity (Wildman–Crippen MR) is 84.1 cm³/mol. The van der Waals surface area contributed by atoms with Crippen molar-refractivity contribution in [1.82, 2.24) is 9.88 Å². The molecule has 1 fully saturated rings. The minimum atomic E-state index is 0.114. The van der Waals surface area contributed by atoms with Crippen LogP contribution in [0.25, 0.3) is 0 Å². The number of hydrogen-bond acceptors (Lipinski definition) is 4. The van der Waals surface area contributed by atoms with Crippen LogP contribution >= 0.6 is 0 Å². The van der Waals surface area contributed by atoms with Gasteiger partial charge in [0.1, 0.15) is 5.82 Å². The molecule has 0 atom stereocenters. The molecule has 0 spiro atoms. The average molecular weight is 283 g/mol. The number of aliphatic hydroxyl groups is 1. The Morgan fingerprint density at radius 3 is 2.24 bits per heavy atom. The van der Waals surface area contributed by atoms with E-state index < -0.39 is 0 Å². The van der Waals surface area contributed by atoms with Crippen LogP contribution < -0.4 is 4.90 Å². The first-order valence-corrected chi connectivity index (χ1v) is 7.42. The lowest BCUT2D eigenvalue weighted by Crippen LogP contribution is -2.46. The van der Waals surface area contributed by atoms with Crippen molar-refractivity contribution >= 4 is 5.82 Å². The highest BCUT2D eigenvalue weighted by atomic mass is 16.3. The molecule has 1 N–H and O–H groups in total. The maximum Gasteiger partial charge on any atom is 0.128 e. The lowest BCUT2D eigenvalue weighted by molar-refractivity contribution is 0.249. The summed E-state index contributed by atoms with van der Waals surface area (Å²) in [6.45, 7) is 5.24. The number of piperazine rings is 1. The minimum absolute atomic E-state index is 0.114. The summed E-state index contributed by atoms with van der Waals surface area (Å²) in [7, 11) is 0. The molecule has 1 aromatic carbocycles. The highest BCUT2D eigenvalue weighted by Gasteiger charge is 2.17. The van der Waals surface area contributed by atoms with Crippen LogP contribution in [0.5, 0.6) is 0 Å².